The van der Waals surface area contributed by atoms with Crippen LogP contribution < -0.4 is 6.15 Å². The number of rotatable bonds is 3. The first-order chi connectivity index (χ1) is 3.35. The summed E-state index contributed by atoms with van der Waals surface area (Å²) >= 11 is -0.171. The first-order valence-corrected chi connectivity index (χ1v) is 5.80. The maximum Gasteiger partial charge on any atom is 0.261 e. The van der Waals surface area contributed by atoms with Gasteiger partial charge in [-0.15, -0.1) is 0 Å². The molecule has 0 saturated carbocycles. The molecule has 3 N–H and O–H groups in total. The Morgan fingerprint density at radius 2 is 1.12 bits per heavy atom. The molecule has 0 rings (SSSR count). The Balaban J connectivity index is 0. The van der Waals surface area contributed by atoms with Crippen LogP contribution in [0.3, 0.4) is 0 Å². The zero-order valence-corrected chi connectivity index (χ0v) is 7.56. The predicted octanol–water partition coefficient (Wildman–Crippen LogP) is 2.70. The van der Waals surface area contributed by atoms with Gasteiger partial charge in [-0.1, -0.05) is 36.6 Å². The standard InChI is InChI=1S/3C2H5.Al.H3N/c3*1-2;;/h3*1H2,2H3;;1H3. The molecule has 50 valence electrons. The fourth-order valence-corrected chi connectivity index (χ4v) is 2.60. The molecule has 0 radical (unpaired) electrons. The fraction of sp³-hybridized carbons (Fsp3) is 1.00. The van der Waals surface area contributed by atoms with E-state index in [2.05, 4.69) is 20.8 Å². The van der Waals surface area contributed by atoms with Crippen LogP contribution in [0.25, 0.3) is 0 Å². The topological polar surface area (TPSA) is 35.0 Å². The van der Waals surface area contributed by atoms with E-state index in [0.717, 1.165) is 0 Å². The van der Waals surface area contributed by atoms with E-state index in [9.17, 15) is 0 Å². The molecule has 8 heavy (non-hydrogen) atoms. The molecule has 0 heterocycles. The van der Waals surface area contributed by atoms with Crippen molar-refractivity contribution in [2.24, 2.45) is 0 Å². The molecule has 0 aromatic carbocycles. The van der Waals surface area contributed by atoms with E-state index in [-0.39, 0.29) is 20.3 Å². The molecule has 2 heteroatoms. The third kappa shape index (κ3) is 4.65. The molecule has 0 amide bonds. The minimum absolute atomic E-state index is 0. The van der Waals surface area contributed by atoms with Crippen molar-refractivity contribution < 1.29 is 0 Å². The molecular formula is C6H18AlN. The molecule has 0 aliphatic carbocycles. The van der Waals surface area contributed by atoms with Gasteiger partial charge in [-0.3, -0.25) is 0 Å². The van der Waals surface area contributed by atoms with Gasteiger partial charge in [0.05, 0.1) is 0 Å². The van der Waals surface area contributed by atoms with Crippen LogP contribution in [0.1, 0.15) is 20.8 Å². The van der Waals surface area contributed by atoms with Crippen molar-refractivity contribution in [3.05, 3.63) is 0 Å². The van der Waals surface area contributed by atoms with Crippen molar-refractivity contribution in [2.45, 2.75) is 36.6 Å². The second-order valence-corrected chi connectivity index (χ2v) is 6.27. The van der Waals surface area contributed by atoms with E-state index in [1.54, 1.807) is 0 Å². The normalized spacial score (nSPS) is 7.88. The smallest absolute Gasteiger partial charge is 0.261 e. The van der Waals surface area contributed by atoms with Gasteiger partial charge < -0.3 is 6.15 Å². The Labute approximate surface area is 57.4 Å². The largest absolute Gasteiger partial charge is 0.344 e. The van der Waals surface area contributed by atoms with E-state index in [4.69, 9.17) is 0 Å². The van der Waals surface area contributed by atoms with Crippen molar-refractivity contribution >= 4 is 14.1 Å². The first-order valence-electron chi connectivity index (χ1n) is 3.35. The highest BCUT2D eigenvalue weighted by Crippen LogP contribution is 2.01. The predicted molar refractivity (Wildman–Crippen MR) is 42.2 cm³/mol. The van der Waals surface area contributed by atoms with Gasteiger partial charge in [-0.25, -0.2) is 0 Å². The van der Waals surface area contributed by atoms with Crippen LogP contribution >= 0.6 is 0 Å². The van der Waals surface area contributed by atoms with Crippen molar-refractivity contribution in [1.82, 2.24) is 6.15 Å². The average Bonchev–Trinajstić information content (AvgIpc) is 1.72. The summed E-state index contributed by atoms with van der Waals surface area (Å²) in [7, 11) is 0. The lowest BCUT2D eigenvalue weighted by molar-refractivity contribution is 1.24. The molecule has 1 nitrogen and oxygen atoms in total. The number of hydrogen-bond acceptors (Lipinski definition) is 1. The van der Waals surface area contributed by atoms with E-state index >= 15 is 0 Å². The summed E-state index contributed by atoms with van der Waals surface area (Å²) in [5, 5.41) is 4.48. The van der Waals surface area contributed by atoms with Crippen molar-refractivity contribution in [3.63, 3.8) is 0 Å². The van der Waals surface area contributed by atoms with Gasteiger partial charge in [0.1, 0.15) is 0 Å². The highest BCUT2D eigenvalue weighted by atomic mass is 27.2. The van der Waals surface area contributed by atoms with E-state index in [1.807, 2.05) is 0 Å². The van der Waals surface area contributed by atoms with Gasteiger partial charge in [-0.05, 0) is 0 Å². The van der Waals surface area contributed by atoms with Crippen molar-refractivity contribution in [2.75, 3.05) is 0 Å². The van der Waals surface area contributed by atoms with Gasteiger partial charge in [0.25, 0.3) is 14.1 Å². The Kier molecular flexibility index (Phi) is 10.6. The molecule has 0 saturated heterocycles. The Morgan fingerprint density at radius 3 is 1.12 bits per heavy atom. The summed E-state index contributed by atoms with van der Waals surface area (Å²) in [6.45, 7) is 6.97. The summed E-state index contributed by atoms with van der Waals surface area (Å²) in [4.78, 5) is 0. The third-order valence-corrected chi connectivity index (χ3v) is 5.20. The SMILES string of the molecule is C[CH2][Al]([CH2]C)[CH2]C.N. The molecule has 0 aromatic rings. The summed E-state index contributed by atoms with van der Waals surface area (Å²) < 4.78 is 0. The summed E-state index contributed by atoms with van der Waals surface area (Å²) in [5.41, 5.74) is 0. The average molecular weight is 131 g/mol. The Hall–Kier alpha value is 0.492. The molecule has 0 aromatic heterocycles. The van der Waals surface area contributed by atoms with Crippen LogP contribution in [-0.2, 0) is 0 Å². The van der Waals surface area contributed by atoms with Crippen molar-refractivity contribution in [1.29, 1.82) is 0 Å². The summed E-state index contributed by atoms with van der Waals surface area (Å²) in [6.07, 6.45) is 0. The molecule has 0 fully saturated rings. The third-order valence-electron chi connectivity index (χ3n) is 1.73. The highest BCUT2D eigenvalue weighted by molar-refractivity contribution is 6.58. The minimum Gasteiger partial charge on any atom is -0.344 e. The van der Waals surface area contributed by atoms with Crippen LogP contribution in [0.5, 0.6) is 0 Å². The molecular weight excluding hydrogens is 113 g/mol. The van der Waals surface area contributed by atoms with E-state index in [1.165, 1.54) is 15.8 Å². The maximum atomic E-state index is 2.32. The maximum absolute atomic E-state index is 2.32. The van der Waals surface area contributed by atoms with Gasteiger partial charge >= 0.3 is 0 Å². The fourth-order valence-electron chi connectivity index (χ4n) is 0.866. The highest BCUT2D eigenvalue weighted by Gasteiger charge is 2.05. The van der Waals surface area contributed by atoms with Crippen LogP contribution in [0.2, 0.25) is 15.8 Å². The molecule has 0 aliphatic heterocycles. The van der Waals surface area contributed by atoms with E-state index in [0.29, 0.717) is 0 Å². The zero-order chi connectivity index (χ0) is 5.70. The first kappa shape index (κ1) is 11.3. The molecule has 0 spiro atoms. The molecule has 0 atom stereocenters. The van der Waals surface area contributed by atoms with E-state index < -0.39 is 0 Å². The van der Waals surface area contributed by atoms with Crippen molar-refractivity contribution in [3.8, 4) is 0 Å². The molecule has 0 bridgehead atoms. The quantitative estimate of drug-likeness (QED) is 0.587. The van der Waals surface area contributed by atoms with Crippen LogP contribution in [0.4, 0.5) is 0 Å². The van der Waals surface area contributed by atoms with Gasteiger partial charge in [-0.2, -0.15) is 0 Å². The van der Waals surface area contributed by atoms with Gasteiger partial charge in [0, 0.05) is 0 Å². The van der Waals surface area contributed by atoms with Gasteiger partial charge in [0.15, 0.2) is 0 Å². The monoisotopic (exact) mass is 131 g/mol. The Morgan fingerprint density at radius 1 is 0.875 bits per heavy atom. The molecule has 0 unspecified atom stereocenters. The van der Waals surface area contributed by atoms with Crippen LogP contribution in [0.15, 0.2) is 0 Å². The van der Waals surface area contributed by atoms with Crippen LogP contribution in [-0.4, -0.2) is 14.1 Å². The second-order valence-electron chi connectivity index (χ2n) is 2.09. The second kappa shape index (κ2) is 7.49. The minimum atomic E-state index is -0.171. The lowest BCUT2D eigenvalue weighted by atomic mass is 10.9. The summed E-state index contributed by atoms with van der Waals surface area (Å²) in [6, 6.07) is 0. The summed E-state index contributed by atoms with van der Waals surface area (Å²) in [5.74, 6) is 0. The van der Waals surface area contributed by atoms with Gasteiger partial charge in [0.2, 0.25) is 0 Å². The Bertz CT molecular complexity index is 30.0. The zero-order valence-electron chi connectivity index (χ0n) is 6.41. The van der Waals surface area contributed by atoms with Crippen LogP contribution in [0, 0.1) is 0 Å². The lowest BCUT2D eigenvalue weighted by Gasteiger charge is -1.97. The lowest BCUT2D eigenvalue weighted by Crippen LogP contribution is -2.04. The molecule has 0 aliphatic rings. The number of hydrogen-bond donors (Lipinski definition) is 1.